The highest BCUT2D eigenvalue weighted by Gasteiger charge is 2.15. The van der Waals surface area contributed by atoms with E-state index in [9.17, 15) is 9.18 Å². The summed E-state index contributed by atoms with van der Waals surface area (Å²) in [5, 5.41) is 8.80. The zero-order chi connectivity index (χ0) is 13.4. The number of halogens is 1. The van der Waals surface area contributed by atoms with E-state index in [4.69, 9.17) is 10.8 Å². The van der Waals surface area contributed by atoms with Crippen LogP contribution in [0.15, 0.2) is 18.5 Å². The van der Waals surface area contributed by atoms with E-state index < -0.39 is 17.3 Å². The van der Waals surface area contributed by atoms with Crippen LogP contribution in [0.4, 0.5) is 10.1 Å². The number of carbonyl (C=O) groups is 1. The first-order chi connectivity index (χ1) is 8.41. The molecule has 1 aromatic carbocycles. The van der Waals surface area contributed by atoms with E-state index in [0.717, 1.165) is 23.5 Å². The number of carboxylic acids is 1. The summed E-state index contributed by atoms with van der Waals surface area (Å²) in [4.78, 5) is 14.9. The molecule has 5 nitrogen and oxygen atoms in total. The van der Waals surface area contributed by atoms with Gasteiger partial charge < -0.3 is 15.4 Å². The molecule has 94 valence electrons. The lowest BCUT2D eigenvalue weighted by Crippen LogP contribution is -2.07. The molecule has 0 bridgehead atoms. The number of benzene rings is 1. The first-order valence-electron chi connectivity index (χ1n) is 5.25. The number of aryl methyl sites for hydroxylation is 1. The van der Waals surface area contributed by atoms with E-state index in [1.807, 2.05) is 13.8 Å². The Hall–Kier alpha value is -2.37. The molecule has 1 heterocycles. The predicted molar refractivity (Wildman–Crippen MR) is 64.4 cm³/mol. The number of aromatic carboxylic acids is 1. The summed E-state index contributed by atoms with van der Waals surface area (Å²) in [6.07, 6.45) is 1.52. The molecule has 0 unspecified atom stereocenters. The first kappa shape index (κ1) is 12.1. The fourth-order valence-corrected chi connectivity index (χ4v) is 1.69. The minimum atomic E-state index is -1.34. The van der Waals surface area contributed by atoms with Gasteiger partial charge in [-0.05, 0) is 19.9 Å². The van der Waals surface area contributed by atoms with Crippen molar-refractivity contribution in [2.24, 2.45) is 0 Å². The van der Waals surface area contributed by atoms with Crippen LogP contribution in [-0.2, 0) is 0 Å². The molecule has 6 heteroatoms. The fraction of sp³-hybridized carbons (Fsp3) is 0.167. The Morgan fingerprint density at radius 3 is 2.61 bits per heavy atom. The van der Waals surface area contributed by atoms with E-state index >= 15 is 0 Å². The van der Waals surface area contributed by atoms with Crippen molar-refractivity contribution >= 4 is 11.7 Å². The Balaban J connectivity index is 2.63. The average molecular weight is 249 g/mol. The average Bonchev–Trinajstić information content (AvgIpc) is 2.62. The molecule has 0 aliphatic heterocycles. The Kier molecular flexibility index (Phi) is 2.78. The summed E-state index contributed by atoms with van der Waals surface area (Å²) >= 11 is 0. The highest BCUT2D eigenvalue weighted by molar-refractivity contribution is 5.90. The number of nitrogens with zero attached hydrogens (tertiary/aromatic N) is 2. The molecule has 1 aromatic heterocycles. The third-order valence-corrected chi connectivity index (χ3v) is 2.86. The van der Waals surface area contributed by atoms with Crippen molar-refractivity contribution in [1.29, 1.82) is 0 Å². The number of nitrogens with two attached hydrogens (primary N) is 1. The monoisotopic (exact) mass is 249 g/mol. The summed E-state index contributed by atoms with van der Waals surface area (Å²) < 4.78 is 15.3. The molecule has 0 aliphatic carbocycles. The van der Waals surface area contributed by atoms with Crippen LogP contribution in [-0.4, -0.2) is 20.6 Å². The van der Waals surface area contributed by atoms with Crippen LogP contribution >= 0.6 is 0 Å². The number of anilines is 1. The van der Waals surface area contributed by atoms with Crippen LogP contribution in [0.2, 0.25) is 0 Å². The summed E-state index contributed by atoms with van der Waals surface area (Å²) in [7, 11) is 0. The van der Waals surface area contributed by atoms with Gasteiger partial charge in [-0.25, -0.2) is 14.2 Å². The van der Waals surface area contributed by atoms with Crippen molar-refractivity contribution < 1.29 is 14.3 Å². The lowest BCUT2D eigenvalue weighted by Gasteiger charge is -2.10. The molecule has 0 aliphatic rings. The van der Waals surface area contributed by atoms with Gasteiger partial charge in [0, 0.05) is 11.8 Å². The van der Waals surface area contributed by atoms with Crippen LogP contribution in [0, 0.1) is 19.7 Å². The van der Waals surface area contributed by atoms with Crippen LogP contribution < -0.4 is 5.73 Å². The Bertz CT molecular complexity index is 634. The van der Waals surface area contributed by atoms with Gasteiger partial charge in [-0.15, -0.1) is 0 Å². The van der Waals surface area contributed by atoms with Gasteiger partial charge in [0.25, 0.3) is 0 Å². The molecule has 0 amide bonds. The van der Waals surface area contributed by atoms with E-state index in [1.54, 1.807) is 4.57 Å². The number of carboxylic acid groups (broad SMARTS) is 1. The van der Waals surface area contributed by atoms with Gasteiger partial charge in [0.05, 0.1) is 29.0 Å². The number of aromatic nitrogens is 2. The Morgan fingerprint density at radius 2 is 2.11 bits per heavy atom. The van der Waals surface area contributed by atoms with E-state index in [-0.39, 0.29) is 5.69 Å². The predicted octanol–water partition coefficient (Wildman–Crippen LogP) is 1.91. The number of imidazole rings is 1. The van der Waals surface area contributed by atoms with Crippen LogP contribution in [0.3, 0.4) is 0 Å². The SMILES string of the molecule is Cc1ncn(-c2cc(F)c(C(=O)O)cc2N)c1C. The van der Waals surface area contributed by atoms with Gasteiger partial charge in [0.1, 0.15) is 5.82 Å². The Labute approximate surface area is 103 Å². The standard InChI is InChI=1S/C12H12FN3O2/c1-6-7(2)16(5-15-6)11-4-9(13)8(12(17)18)3-10(11)14/h3-5H,14H2,1-2H3,(H,17,18). The van der Waals surface area contributed by atoms with Gasteiger partial charge in [0.2, 0.25) is 0 Å². The molecule has 0 atom stereocenters. The lowest BCUT2D eigenvalue weighted by atomic mass is 10.1. The van der Waals surface area contributed by atoms with Gasteiger partial charge in [-0.2, -0.15) is 0 Å². The van der Waals surface area contributed by atoms with Crippen molar-refractivity contribution in [3.05, 3.63) is 41.2 Å². The normalized spacial score (nSPS) is 10.6. The number of nitrogen functional groups attached to an aromatic ring is 1. The molecule has 18 heavy (non-hydrogen) atoms. The van der Waals surface area contributed by atoms with Crippen molar-refractivity contribution in [2.75, 3.05) is 5.73 Å². The highest BCUT2D eigenvalue weighted by Crippen LogP contribution is 2.24. The maximum atomic E-state index is 13.6. The largest absolute Gasteiger partial charge is 0.478 e. The molecular weight excluding hydrogens is 237 g/mol. The van der Waals surface area contributed by atoms with Crippen molar-refractivity contribution in [2.45, 2.75) is 13.8 Å². The summed E-state index contributed by atoms with van der Waals surface area (Å²) in [6.45, 7) is 3.65. The van der Waals surface area contributed by atoms with E-state index in [0.29, 0.717) is 5.69 Å². The number of hydrogen-bond donors (Lipinski definition) is 2. The van der Waals surface area contributed by atoms with Gasteiger partial charge in [-0.3, -0.25) is 0 Å². The third kappa shape index (κ3) is 1.81. The number of hydrogen-bond acceptors (Lipinski definition) is 3. The topological polar surface area (TPSA) is 81.1 Å². The smallest absolute Gasteiger partial charge is 0.338 e. The maximum Gasteiger partial charge on any atom is 0.338 e. The summed E-state index contributed by atoms with van der Waals surface area (Å²) in [6, 6.07) is 2.22. The van der Waals surface area contributed by atoms with Gasteiger partial charge >= 0.3 is 5.97 Å². The minimum absolute atomic E-state index is 0.189. The van der Waals surface area contributed by atoms with Crippen molar-refractivity contribution in [1.82, 2.24) is 9.55 Å². The molecule has 0 fully saturated rings. The maximum absolute atomic E-state index is 13.6. The molecule has 0 saturated carbocycles. The summed E-state index contributed by atoms with van der Waals surface area (Å²) in [5.74, 6) is -2.17. The first-order valence-corrected chi connectivity index (χ1v) is 5.25. The van der Waals surface area contributed by atoms with E-state index in [1.165, 1.54) is 6.33 Å². The van der Waals surface area contributed by atoms with Gasteiger partial charge in [-0.1, -0.05) is 0 Å². The second-order valence-corrected chi connectivity index (χ2v) is 3.98. The zero-order valence-electron chi connectivity index (χ0n) is 9.94. The molecule has 0 spiro atoms. The van der Waals surface area contributed by atoms with Crippen LogP contribution in [0.1, 0.15) is 21.7 Å². The third-order valence-electron chi connectivity index (χ3n) is 2.86. The molecule has 2 rings (SSSR count). The van der Waals surface area contributed by atoms with Crippen LogP contribution in [0.5, 0.6) is 0 Å². The lowest BCUT2D eigenvalue weighted by molar-refractivity contribution is 0.0692. The second-order valence-electron chi connectivity index (χ2n) is 3.98. The Morgan fingerprint density at radius 1 is 1.44 bits per heavy atom. The molecule has 0 saturated heterocycles. The molecule has 2 aromatic rings. The summed E-state index contributed by atoms with van der Waals surface area (Å²) in [5.41, 5.74) is 7.52. The number of rotatable bonds is 2. The fourth-order valence-electron chi connectivity index (χ4n) is 1.69. The molecule has 0 radical (unpaired) electrons. The molecular formula is C12H12FN3O2. The second kappa shape index (κ2) is 4.14. The quantitative estimate of drug-likeness (QED) is 0.796. The van der Waals surface area contributed by atoms with E-state index in [2.05, 4.69) is 4.98 Å². The zero-order valence-corrected chi connectivity index (χ0v) is 9.94. The minimum Gasteiger partial charge on any atom is -0.478 e. The highest BCUT2D eigenvalue weighted by atomic mass is 19.1. The van der Waals surface area contributed by atoms with Crippen molar-refractivity contribution in [3.8, 4) is 5.69 Å². The van der Waals surface area contributed by atoms with Gasteiger partial charge in [0.15, 0.2) is 0 Å². The van der Waals surface area contributed by atoms with Crippen LogP contribution in [0.25, 0.3) is 5.69 Å². The molecule has 3 N–H and O–H groups in total. The van der Waals surface area contributed by atoms with Crippen molar-refractivity contribution in [3.63, 3.8) is 0 Å².